The first-order chi connectivity index (χ1) is 15.6. The van der Waals surface area contributed by atoms with Gasteiger partial charge in [0.2, 0.25) is 0 Å². The maximum atomic E-state index is 11.7. The lowest BCUT2D eigenvalue weighted by Crippen LogP contribution is -2.46. The molecule has 3 rings (SSSR count). The van der Waals surface area contributed by atoms with Gasteiger partial charge in [0.15, 0.2) is 5.96 Å². The molecule has 1 fully saturated rings. The summed E-state index contributed by atoms with van der Waals surface area (Å²) in [7, 11) is 5.07. The molecular formula is C24H34IN5O3. The maximum Gasteiger partial charge on any atom is 0.251 e. The number of methoxy groups -OCH3 is 1. The minimum absolute atomic E-state index is 0. The lowest BCUT2D eigenvalue weighted by molar-refractivity contribution is 0.0170. The van der Waals surface area contributed by atoms with E-state index in [1.807, 2.05) is 36.4 Å². The summed E-state index contributed by atoms with van der Waals surface area (Å²) in [6.07, 6.45) is 0. The highest BCUT2D eigenvalue weighted by atomic mass is 127. The molecule has 9 heteroatoms. The van der Waals surface area contributed by atoms with E-state index in [4.69, 9.17) is 9.47 Å². The zero-order valence-corrected chi connectivity index (χ0v) is 21.8. The van der Waals surface area contributed by atoms with Gasteiger partial charge in [-0.15, -0.1) is 24.0 Å². The molecule has 1 heterocycles. The highest BCUT2D eigenvalue weighted by Gasteiger charge is 2.23. The number of benzene rings is 2. The van der Waals surface area contributed by atoms with Crippen LogP contribution < -0.4 is 20.7 Å². The molecule has 1 saturated heterocycles. The monoisotopic (exact) mass is 567 g/mol. The topological polar surface area (TPSA) is 87.2 Å². The van der Waals surface area contributed by atoms with Crippen LogP contribution in [0.25, 0.3) is 0 Å². The predicted octanol–water partition coefficient (Wildman–Crippen LogP) is 2.41. The summed E-state index contributed by atoms with van der Waals surface area (Å²) in [5, 5.41) is 9.45. The predicted molar refractivity (Wildman–Crippen MR) is 142 cm³/mol. The van der Waals surface area contributed by atoms with Crippen molar-refractivity contribution in [3.8, 4) is 5.75 Å². The van der Waals surface area contributed by atoms with Crippen LogP contribution in [0, 0.1) is 0 Å². The van der Waals surface area contributed by atoms with Crippen LogP contribution in [0.15, 0.2) is 53.5 Å². The van der Waals surface area contributed by atoms with E-state index >= 15 is 0 Å². The van der Waals surface area contributed by atoms with Gasteiger partial charge in [-0.05, 0) is 35.4 Å². The minimum Gasteiger partial charge on any atom is -0.497 e. The smallest absolute Gasteiger partial charge is 0.251 e. The van der Waals surface area contributed by atoms with Crippen LogP contribution in [0.3, 0.4) is 0 Å². The number of carbonyl (C=O) groups excluding carboxylic acids is 1. The lowest BCUT2D eigenvalue weighted by atomic mass is 10.0. The molecule has 0 bridgehead atoms. The number of carbonyl (C=O) groups is 1. The van der Waals surface area contributed by atoms with Crippen molar-refractivity contribution in [2.24, 2.45) is 4.99 Å². The molecule has 3 N–H and O–H groups in total. The van der Waals surface area contributed by atoms with E-state index in [9.17, 15) is 4.79 Å². The standard InChI is InChI=1S/C24H33N5O3.HI/c1-25-23(30)20-6-4-18(5-7-20)16-27-24(26-2)28-17-22(29-12-14-32-15-13-29)19-8-10-21(31-3)11-9-19;/h4-11,22H,12-17H2,1-3H3,(H,25,30)(H2,26,27,28);1H. The van der Waals surface area contributed by atoms with Crippen molar-refractivity contribution in [2.75, 3.05) is 54.1 Å². The molecular weight excluding hydrogens is 533 g/mol. The zero-order chi connectivity index (χ0) is 22.8. The van der Waals surface area contributed by atoms with Gasteiger partial charge < -0.3 is 25.4 Å². The average Bonchev–Trinajstić information content (AvgIpc) is 2.86. The number of ether oxygens (including phenoxy) is 2. The molecule has 1 aliphatic heterocycles. The van der Waals surface area contributed by atoms with Crippen LogP contribution in [0.1, 0.15) is 27.5 Å². The fourth-order valence-electron chi connectivity index (χ4n) is 3.69. The average molecular weight is 567 g/mol. The van der Waals surface area contributed by atoms with Gasteiger partial charge in [-0.25, -0.2) is 0 Å². The zero-order valence-electron chi connectivity index (χ0n) is 19.5. The normalized spacial score (nSPS) is 15.2. The van der Waals surface area contributed by atoms with E-state index in [0.717, 1.165) is 43.6 Å². The van der Waals surface area contributed by atoms with Crippen LogP contribution in [0.2, 0.25) is 0 Å². The second kappa shape index (κ2) is 14.0. The van der Waals surface area contributed by atoms with Crippen LogP contribution >= 0.6 is 24.0 Å². The minimum atomic E-state index is -0.0883. The first-order valence-electron chi connectivity index (χ1n) is 10.9. The summed E-state index contributed by atoms with van der Waals surface area (Å²) in [4.78, 5) is 18.5. The summed E-state index contributed by atoms with van der Waals surface area (Å²) in [5.74, 6) is 1.49. The van der Waals surface area contributed by atoms with Gasteiger partial charge in [-0.2, -0.15) is 0 Å². The summed E-state index contributed by atoms with van der Waals surface area (Å²) in [6, 6.07) is 16.0. The van der Waals surface area contributed by atoms with Crippen molar-refractivity contribution >= 4 is 35.8 Å². The van der Waals surface area contributed by atoms with Gasteiger partial charge >= 0.3 is 0 Å². The van der Waals surface area contributed by atoms with Gasteiger partial charge in [0.25, 0.3) is 5.91 Å². The Labute approximate surface area is 213 Å². The molecule has 0 aliphatic carbocycles. The van der Waals surface area contributed by atoms with Crippen molar-refractivity contribution in [1.29, 1.82) is 0 Å². The largest absolute Gasteiger partial charge is 0.497 e. The summed E-state index contributed by atoms with van der Waals surface area (Å²) >= 11 is 0. The quantitative estimate of drug-likeness (QED) is 0.258. The molecule has 180 valence electrons. The summed E-state index contributed by atoms with van der Waals surface area (Å²) in [5.41, 5.74) is 2.94. The van der Waals surface area contributed by atoms with E-state index in [1.54, 1.807) is 21.2 Å². The molecule has 0 radical (unpaired) electrons. The molecule has 1 amide bonds. The van der Waals surface area contributed by atoms with E-state index in [1.165, 1.54) is 5.56 Å². The second-order valence-corrected chi connectivity index (χ2v) is 7.52. The van der Waals surface area contributed by atoms with E-state index in [0.29, 0.717) is 18.7 Å². The van der Waals surface area contributed by atoms with Crippen LogP contribution in [-0.2, 0) is 11.3 Å². The number of halogens is 1. The number of nitrogens with zero attached hydrogens (tertiary/aromatic N) is 2. The molecule has 1 unspecified atom stereocenters. The van der Waals surface area contributed by atoms with Crippen LogP contribution in [0.4, 0.5) is 0 Å². The Kier molecular flexibility index (Phi) is 11.4. The van der Waals surface area contributed by atoms with Crippen molar-refractivity contribution < 1.29 is 14.3 Å². The Morgan fingerprint density at radius 2 is 1.76 bits per heavy atom. The lowest BCUT2D eigenvalue weighted by Gasteiger charge is -2.35. The number of nitrogens with one attached hydrogen (secondary N) is 3. The molecule has 2 aromatic rings. The molecule has 0 spiro atoms. The fourth-order valence-corrected chi connectivity index (χ4v) is 3.69. The fraction of sp³-hybridized carbons (Fsp3) is 0.417. The third-order valence-corrected chi connectivity index (χ3v) is 5.58. The van der Waals surface area contributed by atoms with Crippen molar-refractivity contribution in [3.05, 3.63) is 65.2 Å². The molecule has 33 heavy (non-hydrogen) atoms. The third-order valence-electron chi connectivity index (χ3n) is 5.58. The van der Waals surface area contributed by atoms with Crippen molar-refractivity contribution in [3.63, 3.8) is 0 Å². The molecule has 8 nitrogen and oxygen atoms in total. The van der Waals surface area contributed by atoms with Gasteiger partial charge in [-0.3, -0.25) is 14.7 Å². The van der Waals surface area contributed by atoms with Gasteiger partial charge in [0, 0.05) is 45.8 Å². The van der Waals surface area contributed by atoms with Crippen LogP contribution in [0.5, 0.6) is 5.75 Å². The number of amides is 1. The number of hydrogen-bond donors (Lipinski definition) is 3. The van der Waals surface area contributed by atoms with Crippen molar-refractivity contribution in [1.82, 2.24) is 20.9 Å². The van der Waals surface area contributed by atoms with E-state index < -0.39 is 0 Å². The number of guanidine groups is 1. The van der Waals surface area contributed by atoms with Gasteiger partial charge in [0.05, 0.1) is 26.4 Å². The molecule has 1 atom stereocenters. The Morgan fingerprint density at radius 3 is 2.33 bits per heavy atom. The summed E-state index contributed by atoms with van der Waals surface area (Å²) in [6.45, 7) is 4.58. The van der Waals surface area contributed by atoms with Crippen molar-refractivity contribution in [2.45, 2.75) is 12.6 Å². The summed E-state index contributed by atoms with van der Waals surface area (Å²) < 4.78 is 10.9. The highest BCUT2D eigenvalue weighted by Crippen LogP contribution is 2.23. The molecule has 0 aromatic heterocycles. The molecule has 1 aliphatic rings. The molecule has 2 aromatic carbocycles. The highest BCUT2D eigenvalue weighted by molar-refractivity contribution is 14.0. The number of morpholine rings is 1. The van der Waals surface area contributed by atoms with Gasteiger partial charge in [0.1, 0.15) is 5.75 Å². The Morgan fingerprint density at radius 1 is 1.09 bits per heavy atom. The maximum absolute atomic E-state index is 11.7. The van der Waals surface area contributed by atoms with Gasteiger partial charge in [-0.1, -0.05) is 24.3 Å². The Bertz CT molecular complexity index is 884. The number of hydrogen-bond acceptors (Lipinski definition) is 5. The number of rotatable bonds is 8. The third kappa shape index (κ3) is 7.86. The van der Waals surface area contributed by atoms with Crippen LogP contribution in [-0.4, -0.2) is 70.8 Å². The van der Waals surface area contributed by atoms with E-state index in [-0.39, 0.29) is 35.9 Å². The Hall–Kier alpha value is -2.37. The second-order valence-electron chi connectivity index (χ2n) is 7.52. The first kappa shape index (κ1) is 26.9. The Balaban J connectivity index is 0.00000385. The first-order valence-corrected chi connectivity index (χ1v) is 10.9. The SMILES string of the molecule is CN=C(NCc1ccc(C(=O)NC)cc1)NCC(c1ccc(OC)cc1)N1CCOCC1.I. The van der Waals surface area contributed by atoms with E-state index in [2.05, 4.69) is 38.0 Å². The number of aliphatic imine (C=N–C) groups is 1. The molecule has 0 saturated carbocycles.